The molecule has 2 aromatic carbocycles. The molecule has 5 nitrogen and oxygen atoms in total. The zero-order valence-corrected chi connectivity index (χ0v) is 12.8. The molecule has 118 valence electrons. The number of hydrogen-bond donors (Lipinski definition) is 1. The predicted molar refractivity (Wildman–Crippen MR) is 85.3 cm³/mol. The highest BCUT2D eigenvalue weighted by Crippen LogP contribution is 2.44. The lowest BCUT2D eigenvalue weighted by molar-refractivity contribution is -0.116. The van der Waals surface area contributed by atoms with E-state index >= 15 is 0 Å². The lowest BCUT2D eigenvalue weighted by atomic mass is 9.84. The molecule has 0 spiro atoms. The van der Waals surface area contributed by atoms with Gasteiger partial charge in [-0.05, 0) is 36.2 Å². The largest absolute Gasteiger partial charge is 0.494 e. The summed E-state index contributed by atoms with van der Waals surface area (Å²) in [6.07, 6.45) is 0.405. The topological polar surface area (TPSA) is 56.8 Å². The van der Waals surface area contributed by atoms with Crippen molar-refractivity contribution < 1.29 is 19.0 Å². The summed E-state index contributed by atoms with van der Waals surface area (Å²) in [6.45, 7) is 2.79. The van der Waals surface area contributed by atoms with E-state index in [4.69, 9.17) is 14.2 Å². The molecule has 0 radical (unpaired) electrons. The van der Waals surface area contributed by atoms with Gasteiger partial charge in [0, 0.05) is 24.1 Å². The molecule has 4 rings (SSSR count). The summed E-state index contributed by atoms with van der Waals surface area (Å²) in [5.74, 6) is 2.20. The molecule has 1 amide bonds. The Hall–Kier alpha value is -2.69. The number of anilines is 1. The van der Waals surface area contributed by atoms with E-state index in [9.17, 15) is 4.79 Å². The van der Waals surface area contributed by atoms with Crippen molar-refractivity contribution in [2.24, 2.45) is 0 Å². The van der Waals surface area contributed by atoms with Crippen LogP contribution in [0.2, 0.25) is 0 Å². The van der Waals surface area contributed by atoms with Gasteiger partial charge in [-0.25, -0.2) is 0 Å². The van der Waals surface area contributed by atoms with Gasteiger partial charge in [0.15, 0.2) is 11.5 Å². The third kappa shape index (κ3) is 2.48. The molecule has 1 N–H and O–H groups in total. The van der Waals surface area contributed by atoms with Crippen LogP contribution in [0, 0.1) is 0 Å². The van der Waals surface area contributed by atoms with Gasteiger partial charge in [0.05, 0.1) is 6.61 Å². The van der Waals surface area contributed by atoms with E-state index in [1.807, 2.05) is 43.3 Å². The second kappa shape index (κ2) is 5.50. The summed E-state index contributed by atoms with van der Waals surface area (Å²) in [7, 11) is 0. The maximum Gasteiger partial charge on any atom is 0.231 e. The first-order valence-electron chi connectivity index (χ1n) is 7.70. The molecule has 0 aliphatic carbocycles. The van der Waals surface area contributed by atoms with Crippen molar-refractivity contribution in [1.82, 2.24) is 0 Å². The quantitative estimate of drug-likeness (QED) is 0.945. The second-order valence-corrected chi connectivity index (χ2v) is 5.60. The first-order valence-corrected chi connectivity index (χ1v) is 7.70. The Kier molecular flexibility index (Phi) is 3.33. The molecule has 5 heteroatoms. The van der Waals surface area contributed by atoms with Gasteiger partial charge in [-0.3, -0.25) is 4.79 Å². The fourth-order valence-electron chi connectivity index (χ4n) is 3.14. The maximum absolute atomic E-state index is 12.1. The molecule has 0 bridgehead atoms. The summed E-state index contributed by atoms with van der Waals surface area (Å²) >= 11 is 0. The Bertz CT molecular complexity index is 772. The van der Waals surface area contributed by atoms with E-state index < -0.39 is 0 Å². The first-order chi connectivity index (χ1) is 11.2. The van der Waals surface area contributed by atoms with Gasteiger partial charge >= 0.3 is 0 Å². The van der Waals surface area contributed by atoms with Crippen LogP contribution in [0.3, 0.4) is 0 Å². The molecule has 1 atom stereocenters. The fraction of sp³-hybridized carbons (Fsp3) is 0.278. The summed E-state index contributed by atoms with van der Waals surface area (Å²) in [5.41, 5.74) is 2.89. The predicted octanol–water partition coefficient (Wildman–Crippen LogP) is 3.29. The molecule has 2 aromatic rings. The van der Waals surface area contributed by atoms with Crippen LogP contribution in [0.5, 0.6) is 17.2 Å². The average molecular weight is 311 g/mol. The summed E-state index contributed by atoms with van der Waals surface area (Å²) in [5, 5.41) is 2.92. The molecular formula is C18H17NO4. The Labute approximate surface area is 134 Å². The maximum atomic E-state index is 12.1. The van der Waals surface area contributed by atoms with Gasteiger partial charge < -0.3 is 19.5 Å². The number of nitrogens with one attached hydrogen (secondary N) is 1. The molecule has 0 aromatic heterocycles. The van der Waals surface area contributed by atoms with Crippen LogP contribution < -0.4 is 19.5 Å². The molecule has 0 saturated carbocycles. The monoisotopic (exact) mass is 311 g/mol. The summed E-state index contributed by atoms with van der Waals surface area (Å²) in [4.78, 5) is 12.1. The minimum atomic E-state index is -0.0198. The summed E-state index contributed by atoms with van der Waals surface area (Å²) in [6, 6.07) is 11.7. The van der Waals surface area contributed by atoms with Crippen molar-refractivity contribution in [2.75, 3.05) is 18.7 Å². The molecule has 0 saturated heterocycles. The Morgan fingerprint density at radius 3 is 2.87 bits per heavy atom. The van der Waals surface area contributed by atoms with Crippen molar-refractivity contribution in [2.45, 2.75) is 19.3 Å². The third-order valence-corrected chi connectivity index (χ3v) is 4.16. The lowest BCUT2D eigenvalue weighted by Crippen LogP contribution is -2.23. The average Bonchev–Trinajstić information content (AvgIpc) is 3.00. The van der Waals surface area contributed by atoms with Crippen LogP contribution >= 0.6 is 0 Å². The second-order valence-electron chi connectivity index (χ2n) is 5.60. The SMILES string of the molecule is CCOc1cccc([C@H]2CC(=O)Nc3cc4c(cc32)OCO4)c1. The highest BCUT2D eigenvalue weighted by atomic mass is 16.7. The van der Waals surface area contributed by atoms with E-state index in [-0.39, 0.29) is 18.6 Å². The van der Waals surface area contributed by atoms with Crippen LogP contribution in [0.1, 0.15) is 30.4 Å². The molecule has 2 aliphatic heterocycles. The van der Waals surface area contributed by atoms with E-state index in [2.05, 4.69) is 5.32 Å². The van der Waals surface area contributed by atoms with Crippen molar-refractivity contribution in [1.29, 1.82) is 0 Å². The molecule has 23 heavy (non-hydrogen) atoms. The number of carbonyl (C=O) groups excluding carboxylic acids is 1. The van der Waals surface area contributed by atoms with E-state index in [0.717, 1.165) is 28.3 Å². The molecule has 2 heterocycles. The zero-order chi connectivity index (χ0) is 15.8. The minimum Gasteiger partial charge on any atom is -0.494 e. The van der Waals surface area contributed by atoms with Crippen LogP contribution in [-0.4, -0.2) is 19.3 Å². The molecule has 0 fully saturated rings. The van der Waals surface area contributed by atoms with Crippen molar-refractivity contribution in [3.05, 3.63) is 47.5 Å². The standard InChI is InChI=1S/C18H17NO4/c1-2-21-12-5-3-4-11(6-12)13-8-18(20)19-15-9-17-16(7-14(13)15)22-10-23-17/h3-7,9,13H,2,8,10H2,1H3,(H,19,20)/t13-/m1/s1. The Balaban J connectivity index is 1.78. The minimum absolute atomic E-state index is 0.00294. The van der Waals surface area contributed by atoms with Crippen LogP contribution in [0.15, 0.2) is 36.4 Å². The van der Waals surface area contributed by atoms with E-state index in [1.165, 1.54) is 0 Å². The highest BCUT2D eigenvalue weighted by Gasteiger charge is 2.30. The van der Waals surface area contributed by atoms with Gasteiger partial charge in [-0.15, -0.1) is 0 Å². The van der Waals surface area contributed by atoms with E-state index in [0.29, 0.717) is 18.8 Å². The van der Waals surface area contributed by atoms with Gasteiger partial charge in [0.2, 0.25) is 12.7 Å². The normalized spacial score (nSPS) is 18.3. The molecule has 2 aliphatic rings. The van der Waals surface area contributed by atoms with Crippen molar-refractivity contribution in [3.8, 4) is 17.2 Å². The third-order valence-electron chi connectivity index (χ3n) is 4.16. The molecular weight excluding hydrogens is 294 g/mol. The van der Waals surface area contributed by atoms with Gasteiger partial charge in [-0.2, -0.15) is 0 Å². The number of carbonyl (C=O) groups is 1. The number of amides is 1. The van der Waals surface area contributed by atoms with Crippen LogP contribution in [0.25, 0.3) is 0 Å². The highest BCUT2D eigenvalue weighted by molar-refractivity contribution is 5.96. The van der Waals surface area contributed by atoms with Crippen LogP contribution in [0.4, 0.5) is 5.69 Å². The zero-order valence-electron chi connectivity index (χ0n) is 12.8. The van der Waals surface area contributed by atoms with Gasteiger partial charge in [-0.1, -0.05) is 12.1 Å². The van der Waals surface area contributed by atoms with Crippen molar-refractivity contribution >= 4 is 11.6 Å². The van der Waals surface area contributed by atoms with Gasteiger partial charge in [0.25, 0.3) is 0 Å². The van der Waals surface area contributed by atoms with E-state index in [1.54, 1.807) is 0 Å². The van der Waals surface area contributed by atoms with Crippen LogP contribution in [-0.2, 0) is 4.79 Å². The Morgan fingerprint density at radius 1 is 1.22 bits per heavy atom. The van der Waals surface area contributed by atoms with Crippen molar-refractivity contribution in [3.63, 3.8) is 0 Å². The summed E-state index contributed by atoms with van der Waals surface area (Å²) < 4.78 is 16.5. The number of benzene rings is 2. The number of fused-ring (bicyclic) bond motifs is 2. The number of hydrogen-bond acceptors (Lipinski definition) is 4. The smallest absolute Gasteiger partial charge is 0.231 e. The van der Waals surface area contributed by atoms with Gasteiger partial charge in [0.1, 0.15) is 5.75 Å². The Morgan fingerprint density at radius 2 is 2.04 bits per heavy atom. The fourth-order valence-corrected chi connectivity index (χ4v) is 3.14. The molecule has 0 unspecified atom stereocenters. The first kappa shape index (κ1) is 13.9. The number of ether oxygens (including phenoxy) is 3. The lowest BCUT2D eigenvalue weighted by Gasteiger charge is -2.26. The number of rotatable bonds is 3.